The molecule has 0 aliphatic carbocycles. The lowest BCUT2D eigenvalue weighted by Gasteiger charge is -2.33. The van der Waals surface area contributed by atoms with Crippen molar-refractivity contribution in [3.8, 4) is 0 Å². The smallest absolute Gasteiger partial charge is 0.0656 e. The van der Waals surface area contributed by atoms with Crippen molar-refractivity contribution in [1.29, 1.82) is 0 Å². The first kappa shape index (κ1) is 16.4. The maximum Gasteiger partial charge on any atom is 0.0656 e. The molecule has 0 bridgehead atoms. The number of hydrogen-bond acceptors (Lipinski definition) is 4. The predicted octanol–water partition coefficient (Wildman–Crippen LogP) is 1.25. The Balaban J connectivity index is 1.96. The molecule has 0 spiro atoms. The molecule has 4 heteroatoms. The van der Waals surface area contributed by atoms with Crippen LogP contribution < -0.4 is 5.73 Å². The normalized spacial score (nSPS) is 22.6. The summed E-state index contributed by atoms with van der Waals surface area (Å²) < 4.78 is 0. The van der Waals surface area contributed by atoms with Crippen LogP contribution >= 0.6 is 0 Å². The highest BCUT2D eigenvalue weighted by molar-refractivity contribution is 5.24. The Bertz CT molecular complexity index is 423. The summed E-state index contributed by atoms with van der Waals surface area (Å²) in [5, 5.41) is 9.77. The van der Waals surface area contributed by atoms with E-state index >= 15 is 0 Å². The Morgan fingerprint density at radius 2 is 2.05 bits per heavy atom. The molecule has 4 nitrogen and oxygen atoms in total. The SMILES string of the molecule is CN(C)CC1CCCN1CCC(N)(CO)c1ccccc1. The van der Waals surface area contributed by atoms with Crippen molar-refractivity contribution in [3.05, 3.63) is 35.9 Å². The molecular formula is C17H29N3O. The van der Waals surface area contributed by atoms with Crippen LogP contribution in [0.15, 0.2) is 30.3 Å². The summed E-state index contributed by atoms with van der Waals surface area (Å²) in [6, 6.07) is 10.6. The molecule has 2 unspecified atom stereocenters. The highest BCUT2D eigenvalue weighted by atomic mass is 16.3. The standard InChI is InChI=1S/C17H29N3O/c1-19(2)13-16-9-6-11-20(16)12-10-17(18,14-21)15-7-4-3-5-8-15/h3-5,7-8,16,21H,6,9-14,18H2,1-2H3. The molecule has 3 N–H and O–H groups in total. The third-order valence-corrected chi connectivity index (χ3v) is 4.55. The molecule has 21 heavy (non-hydrogen) atoms. The average molecular weight is 291 g/mol. The van der Waals surface area contributed by atoms with E-state index in [4.69, 9.17) is 5.73 Å². The van der Waals surface area contributed by atoms with Crippen molar-refractivity contribution in [2.45, 2.75) is 30.8 Å². The Kier molecular flexibility index (Phi) is 5.76. The van der Waals surface area contributed by atoms with E-state index in [0.29, 0.717) is 6.04 Å². The zero-order valence-electron chi connectivity index (χ0n) is 13.3. The van der Waals surface area contributed by atoms with Gasteiger partial charge < -0.3 is 15.7 Å². The van der Waals surface area contributed by atoms with Crippen LogP contribution in [-0.4, -0.2) is 61.3 Å². The third kappa shape index (κ3) is 4.27. The van der Waals surface area contributed by atoms with Gasteiger partial charge in [-0.1, -0.05) is 30.3 Å². The fraction of sp³-hybridized carbons (Fsp3) is 0.647. The molecule has 1 saturated heterocycles. The first-order valence-corrected chi connectivity index (χ1v) is 7.89. The van der Waals surface area contributed by atoms with E-state index < -0.39 is 5.54 Å². The lowest BCUT2D eigenvalue weighted by molar-refractivity contribution is 0.149. The lowest BCUT2D eigenvalue weighted by Crippen LogP contribution is -2.45. The van der Waals surface area contributed by atoms with Crippen LogP contribution in [0.4, 0.5) is 0 Å². The minimum atomic E-state index is -0.632. The second-order valence-electron chi connectivity index (χ2n) is 6.52. The molecule has 0 radical (unpaired) electrons. The van der Waals surface area contributed by atoms with E-state index in [2.05, 4.69) is 23.9 Å². The summed E-state index contributed by atoms with van der Waals surface area (Å²) in [7, 11) is 4.25. The summed E-state index contributed by atoms with van der Waals surface area (Å²) >= 11 is 0. The number of aliphatic hydroxyl groups excluding tert-OH is 1. The molecule has 1 aliphatic heterocycles. The van der Waals surface area contributed by atoms with Gasteiger partial charge in [-0.05, 0) is 45.5 Å². The lowest BCUT2D eigenvalue weighted by atomic mass is 9.88. The van der Waals surface area contributed by atoms with Crippen LogP contribution in [0.25, 0.3) is 0 Å². The topological polar surface area (TPSA) is 52.7 Å². The number of benzene rings is 1. The molecule has 2 atom stereocenters. The van der Waals surface area contributed by atoms with Crippen molar-refractivity contribution in [3.63, 3.8) is 0 Å². The first-order valence-electron chi connectivity index (χ1n) is 7.89. The average Bonchev–Trinajstić information content (AvgIpc) is 2.92. The number of likely N-dealkylation sites (N-methyl/N-ethyl adjacent to an activating group) is 1. The molecule has 0 saturated carbocycles. The van der Waals surface area contributed by atoms with Gasteiger partial charge in [0.1, 0.15) is 0 Å². The molecule has 118 valence electrons. The Hall–Kier alpha value is -0.940. The van der Waals surface area contributed by atoms with Crippen LogP contribution in [0.5, 0.6) is 0 Å². The van der Waals surface area contributed by atoms with Gasteiger partial charge in [0, 0.05) is 19.1 Å². The Morgan fingerprint density at radius 1 is 1.33 bits per heavy atom. The second-order valence-corrected chi connectivity index (χ2v) is 6.52. The maximum atomic E-state index is 9.77. The molecule has 1 aliphatic rings. The van der Waals surface area contributed by atoms with Gasteiger partial charge in [0.05, 0.1) is 12.1 Å². The zero-order chi connectivity index (χ0) is 15.3. The number of aliphatic hydroxyl groups is 1. The molecule has 1 heterocycles. The fourth-order valence-electron chi connectivity index (χ4n) is 3.25. The molecule has 1 aromatic carbocycles. The third-order valence-electron chi connectivity index (χ3n) is 4.55. The van der Waals surface area contributed by atoms with Crippen LogP contribution in [0.2, 0.25) is 0 Å². The van der Waals surface area contributed by atoms with Gasteiger partial charge in [0.2, 0.25) is 0 Å². The molecule has 2 rings (SSSR count). The molecule has 0 aromatic heterocycles. The van der Waals surface area contributed by atoms with E-state index in [0.717, 1.165) is 31.6 Å². The predicted molar refractivity (Wildman–Crippen MR) is 87.2 cm³/mol. The molecule has 1 aromatic rings. The summed E-state index contributed by atoms with van der Waals surface area (Å²) in [5.74, 6) is 0. The molecular weight excluding hydrogens is 262 g/mol. The van der Waals surface area contributed by atoms with Gasteiger partial charge in [0.25, 0.3) is 0 Å². The van der Waals surface area contributed by atoms with Crippen molar-refractivity contribution in [2.75, 3.05) is 40.3 Å². The van der Waals surface area contributed by atoms with E-state index in [1.807, 2.05) is 30.3 Å². The summed E-state index contributed by atoms with van der Waals surface area (Å²) in [4.78, 5) is 4.78. The number of rotatable bonds is 7. The van der Waals surface area contributed by atoms with Crippen molar-refractivity contribution < 1.29 is 5.11 Å². The number of hydrogen-bond donors (Lipinski definition) is 2. The minimum Gasteiger partial charge on any atom is -0.394 e. The van der Waals surface area contributed by atoms with Gasteiger partial charge in [-0.3, -0.25) is 4.90 Å². The van der Waals surface area contributed by atoms with Crippen molar-refractivity contribution >= 4 is 0 Å². The number of likely N-dealkylation sites (tertiary alicyclic amines) is 1. The van der Waals surface area contributed by atoms with Crippen LogP contribution in [0.3, 0.4) is 0 Å². The van der Waals surface area contributed by atoms with Gasteiger partial charge in [0.15, 0.2) is 0 Å². The quantitative estimate of drug-likeness (QED) is 0.794. The summed E-state index contributed by atoms with van der Waals surface area (Å²) in [6.45, 7) is 3.19. The fourth-order valence-corrected chi connectivity index (χ4v) is 3.25. The van der Waals surface area contributed by atoms with E-state index in [1.165, 1.54) is 12.8 Å². The maximum absolute atomic E-state index is 9.77. The van der Waals surface area contributed by atoms with Crippen LogP contribution in [-0.2, 0) is 5.54 Å². The highest BCUT2D eigenvalue weighted by Gasteiger charge is 2.30. The number of nitrogens with zero attached hydrogens (tertiary/aromatic N) is 2. The minimum absolute atomic E-state index is 0.0107. The Labute approximate surface area is 128 Å². The summed E-state index contributed by atoms with van der Waals surface area (Å²) in [6.07, 6.45) is 3.32. The van der Waals surface area contributed by atoms with E-state index in [1.54, 1.807) is 0 Å². The largest absolute Gasteiger partial charge is 0.394 e. The second kappa shape index (κ2) is 7.36. The van der Waals surface area contributed by atoms with E-state index in [9.17, 15) is 5.11 Å². The van der Waals surface area contributed by atoms with Gasteiger partial charge in [-0.25, -0.2) is 0 Å². The van der Waals surface area contributed by atoms with Crippen molar-refractivity contribution in [2.24, 2.45) is 5.73 Å². The highest BCUT2D eigenvalue weighted by Crippen LogP contribution is 2.25. The van der Waals surface area contributed by atoms with Gasteiger partial charge in [-0.2, -0.15) is 0 Å². The summed E-state index contributed by atoms with van der Waals surface area (Å²) in [5.41, 5.74) is 6.85. The molecule has 1 fully saturated rings. The van der Waals surface area contributed by atoms with Crippen LogP contribution in [0, 0.1) is 0 Å². The van der Waals surface area contributed by atoms with Gasteiger partial charge in [-0.15, -0.1) is 0 Å². The van der Waals surface area contributed by atoms with E-state index in [-0.39, 0.29) is 6.61 Å². The van der Waals surface area contributed by atoms with Gasteiger partial charge >= 0.3 is 0 Å². The van der Waals surface area contributed by atoms with Crippen molar-refractivity contribution in [1.82, 2.24) is 9.80 Å². The number of nitrogens with two attached hydrogens (primary N) is 1. The molecule has 0 amide bonds. The zero-order valence-corrected chi connectivity index (χ0v) is 13.3. The Morgan fingerprint density at radius 3 is 2.67 bits per heavy atom. The first-order chi connectivity index (χ1) is 10.0. The van der Waals surface area contributed by atoms with Crippen LogP contribution in [0.1, 0.15) is 24.8 Å². The monoisotopic (exact) mass is 291 g/mol.